The van der Waals surface area contributed by atoms with Gasteiger partial charge in [0.25, 0.3) is 0 Å². The zero-order valence-corrected chi connectivity index (χ0v) is 24.7. The number of rotatable bonds is 11. The molecule has 1 aromatic rings. The van der Waals surface area contributed by atoms with E-state index >= 15 is 0 Å². The van der Waals surface area contributed by atoms with Crippen LogP contribution < -0.4 is 33.5 Å². The summed E-state index contributed by atoms with van der Waals surface area (Å²) in [7, 11) is 0. The molecular weight excluding hydrogens is 572 g/mol. The first-order valence-electron chi connectivity index (χ1n) is 13.6. The minimum absolute atomic E-state index is 0.349. The summed E-state index contributed by atoms with van der Waals surface area (Å²) in [5.74, 6) is -1.63. The standard InChI is InChI=1S/C26H44N6O11/c1-11(34)30-15-19(16(35)14(10-33)39-22(15)25(2,3)28)40-24-18(37)17(36)20(42-26(4,5)29)21(41-24)23(38)43-32-31-13-9-7-6-8-12(13)27/h6-9,14-22,24,31-33,35-37H,10,27-29H2,1-5H3,(H,30,34). The first kappa shape index (κ1) is 34.8. The molecule has 0 radical (unpaired) electrons. The SMILES string of the molecule is CC(=O)NC1C(OC2OC(C(=O)ONNc3ccccc3N)C(OC(C)(C)N)C(O)C2O)C(O)C(CO)OC1C(C)(C)N. The van der Waals surface area contributed by atoms with E-state index in [0.717, 1.165) is 0 Å². The van der Waals surface area contributed by atoms with Gasteiger partial charge in [0.1, 0.15) is 42.3 Å². The number of hydrogen-bond acceptors (Lipinski definition) is 16. The molecule has 0 aliphatic carbocycles. The van der Waals surface area contributed by atoms with Crippen LogP contribution in [-0.4, -0.2) is 111 Å². The predicted molar refractivity (Wildman–Crippen MR) is 150 cm³/mol. The smallest absolute Gasteiger partial charge is 0.358 e. The van der Waals surface area contributed by atoms with Crippen molar-refractivity contribution in [1.29, 1.82) is 0 Å². The maximum atomic E-state index is 13.2. The lowest BCUT2D eigenvalue weighted by Crippen LogP contribution is -2.72. The summed E-state index contributed by atoms with van der Waals surface area (Å²) in [6.45, 7) is 6.71. The molecule has 2 fully saturated rings. The summed E-state index contributed by atoms with van der Waals surface area (Å²) in [6.07, 6.45) is -13.9. The van der Waals surface area contributed by atoms with Crippen molar-refractivity contribution in [1.82, 2.24) is 10.9 Å². The van der Waals surface area contributed by atoms with Crippen LogP contribution in [0.1, 0.15) is 34.6 Å². The molecule has 1 aromatic carbocycles. The van der Waals surface area contributed by atoms with Gasteiger partial charge in [-0.3, -0.25) is 10.2 Å². The van der Waals surface area contributed by atoms with Gasteiger partial charge in [0.05, 0.1) is 30.1 Å². The van der Waals surface area contributed by atoms with Crippen molar-refractivity contribution >= 4 is 23.3 Å². The topological polar surface area (TPSA) is 275 Å². The van der Waals surface area contributed by atoms with Gasteiger partial charge >= 0.3 is 5.97 Å². The Balaban J connectivity index is 1.88. The maximum absolute atomic E-state index is 13.2. The third-order valence-electron chi connectivity index (χ3n) is 6.81. The van der Waals surface area contributed by atoms with Crippen LogP contribution in [0.4, 0.5) is 11.4 Å². The van der Waals surface area contributed by atoms with E-state index in [1.807, 2.05) is 0 Å². The van der Waals surface area contributed by atoms with E-state index in [0.29, 0.717) is 11.4 Å². The number of hydrazine groups is 1. The highest BCUT2D eigenvalue weighted by atomic mass is 16.8. The minimum atomic E-state index is -1.85. The Bertz CT molecular complexity index is 1100. The van der Waals surface area contributed by atoms with Crippen LogP contribution in [0.25, 0.3) is 0 Å². The number of nitrogens with two attached hydrogens (primary N) is 3. The summed E-state index contributed by atoms with van der Waals surface area (Å²) in [4.78, 5) is 30.4. The van der Waals surface area contributed by atoms with Gasteiger partial charge in [0.15, 0.2) is 12.4 Å². The molecule has 17 nitrogen and oxygen atoms in total. The maximum Gasteiger partial charge on any atom is 0.358 e. The second-order valence-electron chi connectivity index (χ2n) is 11.7. The molecule has 2 saturated heterocycles. The fourth-order valence-corrected chi connectivity index (χ4v) is 4.87. The van der Waals surface area contributed by atoms with Gasteiger partial charge in [-0.05, 0) is 39.8 Å². The summed E-state index contributed by atoms with van der Waals surface area (Å²) in [5.41, 5.74) is 21.2. The number of hydrogen-bond donors (Lipinski definition) is 10. The Labute approximate surface area is 248 Å². The summed E-state index contributed by atoms with van der Waals surface area (Å²) in [6, 6.07) is 5.50. The molecule has 3 rings (SSSR count). The van der Waals surface area contributed by atoms with Crippen molar-refractivity contribution in [2.24, 2.45) is 11.5 Å². The quantitative estimate of drug-likeness (QED) is 0.0670. The van der Waals surface area contributed by atoms with Gasteiger partial charge in [0.2, 0.25) is 5.91 Å². The van der Waals surface area contributed by atoms with E-state index in [9.17, 15) is 30.0 Å². The molecule has 43 heavy (non-hydrogen) atoms. The average Bonchev–Trinajstić information content (AvgIpc) is 2.89. The number of carbonyl (C=O) groups excluding carboxylic acids is 2. The van der Waals surface area contributed by atoms with E-state index in [-0.39, 0.29) is 0 Å². The Morgan fingerprint density at radius 1 is 1.00 bits per heavy atom. The van der Waals surface area contributed by atoms with Crippen LogP contribution in [0.3, 0.4) is 0 Å². The zero-order chi connectivity index (χ0) is 32.3. The Morgan fingerprint density at radius 3 is 2.21 bits per heavy atom. The van der Waals surface area contributed by atoms with Crippen LogP contribution >= 0.6 is 0 Å². The first-order valence-corrected chi connectivity index (χ1v) is 13.6. The van der Waals surface area contributed by atoms with E-state index in [1.165, 1.54) is 20.8 Å². The number of anilines is 2. The molecule has 0 saturated carbocycles. The Hall–Kier alpha value is -2.68. The number of aliphatic hydroxyl groups is 4. The second kappa shape index (κ2) is 14.0. The predicted octanol–water partition coefficient (Wildman–Crippen LogP) is -3.08. The van der Waals surface area contributed by atoms with E-state index < -0.39 is 90.9 Å². The van der Waals surface area contributed by atoms with Gasteiger partial charge < -0.3 is 66.7 Å². The molecule has 0 aromatic heterocycles. The highest BCUT2D eigenvalue weighted by Crippen LogP contribution is 2.33. The van der Waals surface area contributed by atoms with Crippen molar-refractivity contribution in [2.75, 3.05) is 17.8 Å². The number of carbonyl (C=O) groups is 2. The fraction of sp³-hybridized carbons (Fsp3) is 0.692. The van der Waals surface area contributed by atoms with Gasteiger partial charge in [-0.15, -0.1) is 0 Å². The number of para-hydroxylation sites is 2. The molecule has 244 valence electrons. The molecule has 2 aliphatic heterocycles. The molecule has 13 N–H and O–H groups in total. The lowest BCUT2D eigenvalue weighted by Gasteiger charge is -2.50. The molecule has 1 amide bonds. The average molecular weight is 617 g/mol. The molecule has 0 spiro atoms. The van der Waals surface area contributed by atoms with Crippen LogP contribution in [0.15, 0.2) is 24.3 Å². The van der Waals surface area contributed by atoms with Gasteiger partial charge in [-0.2, -0.15) is 0 Å². The fourth-order valence-electron chi connectivity index (χ4n) is 4.87. The first-order chi connectivity index (χ1) is 19.9. The van der Waals surface area contributed by atoms with Crippen molar-refractivity contribution in [2.45, 2.75) is 107 Å². The van der Waals surface area contributed by atoms with Gasteiger partial charge in [-0.25, -0.2) is 4.79 Å². The van der Waals surface area contributed by atoms with Crippen molar-refractivity contribution in [3.05, 3.63) is 24.3 Å². The van der Waals surface area contributed by atoms with Crippen LogP contribution in [0.5, 0.6) is 0 Å². The highest BCUT2D eigenvalue weighted by Gasteiger charge is 2.55. The summed E-state index contributed by atoms with van der Waals surface area (Å²) < 4.78 is 23.2. The Kier molecular flexibility index (Phi) is 11.3. The number of ether oxygens (including phenoxy) is 4. The molecule has 17 heteroatoms. The molecule has 10 atom stereocenters. The number of aliphatic hydroxyl groups excluding tert-OH is 4. The van der Waals surface area contributed by atoms with Crippen LogP contribution in [-0.2, 0) is 33.4 Å². The largest absolute Gasteiger partial charge is 0.397 e. The number of nitrogen functional groups attached to an aromatic ring is 1. The Morgan fingerprint density at radius 2 is 1.65 bits per heavy atom. The minimum Gasteiger partial charge on any atom is -0.397 e. The van der Waals surface area contributed by atoms with Crippen molar-refractivity contribution in [3.8, 4) is 0 Å². The number of benzene rings is 1. The van der Waals surface area contributed by atoms with Crippen molar-refractivity contribution in [3.63, 3.8) is 0 Å². The van der Waals surface area contributed by atoms with E-state index in [1.54, 1.807) is 38.1 Å². The molecule has 2 aliphatic rings. The summed E-state index contributed by atoms with van der Waals surface area (Å²) in [5, 5.41) is 45.6. The van der Waals surface area contributed by atoms with E-state index in [2.05, 4.69) is 16.3 Å². The molecule has 10 unspecified atom stereocenters. The lowest BCUT2D eigenvalue weighted by atomic mass is 9.83. The van der Waals surface area contributed by atoms with E-state index in [4.69, 9.17) is 41.0 Å². The molecule has 2 heterocycles. The molecular formula is C26H44N6O11. The second-order valence-corrected chi connectivity index (χ2v) is 11.7. The van der Waals surface area contributed by atoms with Crippen molar-refractivity contribution < 1.29 is 53.8 Å². The highest BCUT2D eigenvalue weighted by molar-refractivity contribution is 5.76. The van der Waals surface area contributed by atoms with Crippen LogP contribution in [0, 0.1) is 0 Å². The third kappa shape index (κ3) is 8.70. The van der Waals surface area contributed by atoms with Gasteiger partial charge in [0, 0.05) is 12.5 Å². The normalized spacial score (nSPS) is 33.5. The molecule has 0 bridgehead atoms. The van der Waals surface area contributed by atoms with Gasteiger partial charge in [-0.1, -0.05) is 17.7 Å². The zero-order valence-electron chi connectivity index (χ0n) is 24.7. The lowest BCUT2D eigenvalue weighted by molar-refractivity contribution is -0.338. The monoisotopic (exact) mass is 616 g/mol. The third-order valence-corrected chi connectivity index (χ3v) is 6.81. The van der Waals surface area contributed by atoms with Crippen LogP contribution in [0.2, 0.25) is 0 Å². The number of nitrogens with one attached hydrogen (secondary N) is 3. The summed E-state index contributed by atoms with van der Waals surface area (Å²) >= 11 is 0. The number of amides is 1.